The van der Waals surface area contributed by atoms with E-state index in [1.54, 1.807) is 30.3 Å². The van der Waals surface area contributed by atoms with Crippen LogP contribution in [0.2, 0.25) is 0 Å². The summed E-state index contributed by atoms with van der Waals surface area (Å²) in [5.41, 5.74) is -0.391. The highest BCUT2D eigenvalue weighted by Gasteiger charge is 2.38. The molecule has 0 bridgehead atoms. The van der Waals surface area contributed by atoms with E-state index in [1.165, 1.54) is 12.1 Å². The number of benzene rings is 2. The number of ether oxygens (including phenoxy) is 1. The first-order valence-electron chi connectivity index (χ1n) is 8.08. The van der Waals surface area contributed by atoms with E-state index in [4.69, 9.17) is 4.74 Å². The van der Waals surface area contributed by atoms with E-state index < -0.39 is 22.9 Å². The highest BCUT2D eigenvalue weighted by Crippen LogP contribution is 2.38. The summed E-state index contributed by atoms with van der Waals surface area (Å²) in [6.45, 7) is 3.91. The topological polar surface area (TPSA) is 46.6 Å². The minimum Gasteiger partial charge on any atom is -0.490 e. The normalized spacial score (nSPS) is 16.0. The predicted octanol–water partition coefficient (Wildman–Crippen LogP) is 5.51. The summed E-state index contributed by atoms with van der Waals surface area (Å²) in [6, 6.07) is 10.9. The maximum atomic E-state index is 12.9. The average Bonchev–Trinajstić information content (AvgIpc) is 2.94. The SMILES string of the molecule is C=CCOc1ccc(/C=C2\SC(=O)N(c3cccc(C(F)(F)F)c3)C2=O)cc1. The van der Waals surface area contributed by atoms with Crippen LogP contribution in [0.15, 0.2) is 66.1 Å². The fraction of sp³-hybridized carbons (Fsp3) is 0.100. The number of alkyl halides is 3. The lowest BCUT2D eigenvalue weighted by Gasteiger charge is -2.14. The molecule has 4 nitrogen and oxygen atoms in total. The van der Waals surface area contributed by atoms with Crippen LogP contribution in [-0.4, -0.2) is 17.8 Å². The first-order chi connectivity index (χ1) is 13.3. The zero-order chi connectivity index (χ0) is 20.3. The number of anilines is 1. The number of hydrogen-bond acceptors (Lipinski definition) is 4. The Morgan fingerprint density at radius 2 is 1.82 bits per heavy atom. The van der Waals surface area contributed by atoms with Gasteiger partial charge >= 0.3 is 6.18 Å². The largest absolute Gasteiger partial charge is 0.490 e. The standard InChI is InChI=1S/C20H14F3NO3S/c1-2-10-27-16-8-6-13(7-9-16)11-17-18(25)24(19(26)28-17)15-5-3-4-14(12-15)20(21,22)23/h2-9,11-12H,1,10H2/b17-11-. The van der Waals surface area contributed by atoms with Crippen molar-refractivity contribution >= 4 is 34.7 Å². The summed E-state index contributed by atoms with van der Waals surface area (Å²) >= 11 is 0.676. The van der Waals surface area contributed by atoms with Crippen molar-refractivity contribution in [3.63, 3.8) is 0 Å². The number of carbonyl (C=O) groups excluding carboxylic acids is 2. The quantitative estimate of drug-likeness (QED) is 0.486. The van der Waals surface area contributed by atoms with E-state index in [-0.39, 0.29) is 10.6 Å². The molecule has 1 aliphatic heterocycles. The predicted molar refractivity (Wildman–Crippen MR) is 102 cm³/mol. The van der Waals surface area contributed by atoms with Gasteiger partial charge in [0.05, 0.1) is 16.2 Å². The summed E-state index contributed by atoms with van der Waals surface area (Å²) in [5.74, 6) is -0.0459. The first kappa shape index (κ1) is 19.8. The van der Waals surface area contributed by atoms with Crippen molar-refractivity contribution in [1.29, 1.82) is 0 Å². The molecule has 1 fully saturated rings. The van der Waals surface area contributed by atoms with Gasteiger partial charge in [-0.25, -0.2) is 4.90 Å². The Hall–Kier alpha value is -3.00. The lowest BCUT2D eigenvalue weighted by atomic mass is 10.1. The van der Waals surface area contributed by atoms with E-state index in [2.05, 4.69) is 6.58 Å². The molecule has 144 valence electrons. The number of imide groups is 1. The van der Waals surface area contributed by atoms with Crippen molar-refractivity contribution in [3.8, 4) is 5.75 Å². The third kappa shape index (κ3) is 4.28. The van der Waals surface area contributed by atoms with Gasteiger partial charge in [0, 0.05) is 0 Å². The van der Waals surface area contributed by atoms with Gasteiger partial charge in [0.1, 0.15) is 12.4 Å². The molecular weight excluding hydrogens is 391 g/mol. The highest BCUT2D eigenvalue weighted by atomic mass is 32.2. The second kappa shape index (κ2) is 7.93. The first-order valence-corrected chi connectivity index (χ1v) is 8.90. The van der Waals surface area contributed by atoms with Crippen LogP contribution >= 0.6 is 11.8 Å². The number of rotatable bonds is 5. The molecule has 0 radical (unpaired) electrons. The van der Waals surface area contributed by atoms with E-state index in [9.17, 15) is 22.8 Å². The summed E-state index contributed by atoms with van der Waals surface area (Å²) in [6.07, 6.45) is -1.45. The Balaban J connectivity index is 1.84. The van der Waals surface area contributed by atoms with Gasteiger partial charge in [-0.15, -0.1) is 0 Å². The van der Waals surface area contributed by atoms with Crippen molar-refractivity contribution in [2.24, 2.45) is 0 Å². The molecule has 0 atom stereocenters. The maximum Gasteiger partial charge on any atom is 0.416 e. The fourth-order valence-corrected chi connectivity index (χ4v) is 3.32. The summed E-state index contributed by atoms with van der Waals surface area (Å²) in [5, 5.41) is -0.651. The van der Waals surface area contributed by atoms with Crippen LogP contribution in [0.5, 0.6) is 5.75 Å². The molecule has 1 aliphatic rings. The Labute approximate surface area is 163 Å². The molecule has 0 aromatic heterocycles. The molecule has 3 rings (SSSR count). The molecule has 0 saturated carbocycles. The number of thioether (sulfide) groups is 1. The molecular formula is C20H14F3NO3S. The smallest absolute Gasteiger partial charge is 0.416 e. The number of halogens is 3. The number of hydrogen-bond donors (Lipinski definition) is 0. The number of amides is 2. The van der Waals surface area contributed by atoms with Gasteiger partial charge in [-0.1, -0.05) is 30.9 Å². The van der Waals surface area contributed by atoms with Crippen LogP contribution < -0.4 is 9.64 Å². The van der Waals surface area contributed by atoms with Crippen LogP contribution in [0.1, 0.15) is 11.1 Å². The van der Waals surface area contributed by atoms with Crippen molar-refractivity contribution in [3.05, 3.63) is 77.2 Å². The van der Waals surface area contributed by atoms with Gasteiger partial charge in [-0.3, -0.25) is 9.59 Å². The molecule has 28 heavy (non-hydrogen) atoms. The Bertz CT molecular complexity index is 952. The summed E-state index contributed by atoms with van der Waals surface area (Å²) in [7, 11) is 0. The molecule has 1 saturated heterocycles. The zero-order valence-electron chi connectivity index (χ0n) is 14.4. The number of carbonyl (C=O) groups is 2. The minimum absolute atomic E-state index is 0.117. The molecule has 2 aromatic carbocycles. The Morgan fingerprint density at radius 1 is 1.11 bits per heavy atom. The Kier molecular flexibility index (Phi) is 5.60. The minimum atomic E-state index is -4.57. The van der Waals surface area contributed by atoms with Crippen molar-refractivity contribution < 1.29 is 27.5 Å². The van der Waals surface area contributed by atoms with Crippen LogP contribution in [-0.2, 0) is 11.0 Å². The van der Waals surface area contributed by atoms with Crippen LogP contribution in [0, 0.1) is 0 Å². The molecule has 8 heteroatoms. The highest BCUT2D eigenvalue weighted by molar-refractivity contribution is 8.19. The maximum absolute atomic E-state index is 12.9. The molecule has 0 spiro atoms. The lowest BCUT2D eigenvalue weighted by molar-refractivity contribution is -0.137. The third-order valence-electron chi connectivity index (χ3n) is 3.77. The number of nitrogens with zero attached hydrogens (tertiary/aromatic N) is 1. The monoisotopic (exact) mass is 405 g/mol. The van der Waals surface area contributed by atoms with Gasteiger partial charge in [0.2, 0.25) is 0 Å². The molecule has 2 aromatic rings. The second-order valence-corrected chi connectivity index (χ2v) is 6.73. The van der Waals surface area contributed by atoms with Crippen LogP contribution in [0.3, 0.4) is 0 Å². The Morgan fingerprint density at radius 3 is 2.46 bits per heavy atom. The molecule has 0 aliphatic carbocycles. The molecule has 0 N–H and O–H groups in total. The van der Waals surface area contributed by atoms with E-state index in [0.29, 0.717) is 29.7 Å². The molecule has 0 unspecified atom stereocenters. The molecule has 2 amide bonds. The van der Waals surface area contributed by atoms with E-state index in [0.717, 1.165) is 23.1 Å². The lowest BCUT2D eigenvalue weighted by Crippen LogP contribution is -2.28. The van der Waals surface area contributed by atoms with Gasteiger partial charge in [-0.05, 0) is 53.7 Å². The zero-order valence-corrected chi connectivity index (χ0v) is 15.2. The van der Waals surface area contributed by atoms with Gasteiger partial charge in [0.15, 0.2) is 0 Å². The van der Waals surface area contributed by atoms with Crippen molar-refractivity contribution in [2.75, 3.05) is 11.5 Å². The van der Waals surface area contributed by atoms with Crippen LogP contribution in [0.4, 0.5) is 23.7 Å². The average molecular weight is 405 g/mol. The molecule has 1 heterocycles. The van der Waals surface area contributed by atoms with Crippen LogP contribution in [0.25, 0.3) is 6.08 Å². The van der Waals surface area contributed by atoms with Gasteiger partial charge in [-0.2, -0.15) is 13.2 Å². The third-order valence-corrected chi connectivity index (χ3v) is 4.64. The summed E-state index contributed by atoms with van der Waals surface area (Å²) in [4.78, 5) is 25.7. The van der Waals surface area contributed by atoms with Gasteiger partial charge < -0.3 is 4.74 Å². The van der Waals surface area contributed by atoms with Gasteiger partial charge in [0.25, 0.3) is 11.1 Å². The fourth-order valence-electron chi connectivity index (χ4n) is 2.48. The van der Waals surface area contributed by atoms with Crippen molar-refractivity contribution in [2.45, 2.75) is 6.18 Å². The van der Waals surface area contributed by atoms with Crippen molar-refractivity contribution in [1.82, 2.24) is 0 Å². The van der Waals surface area contributed by atoms with E-state index in [1.807, 2.05) is 0 Å². The summed E-state index contributed by atoms with van der Waals surface area (Å²) < 4.78 is 44.1. The second-order valence-electron chi connectivity index (χ2n) is 5.73. The van der Waals surface area contributed by atoms with E-state index >= 15 is 0 Å².